The van der Waals surface area contributed by atoms with Gasteiger partial charge in [-0.3, -0.25) is 4.79 Å². The number of rotatable bonds is 3. The number of hydrogen-bond donors (Lipinski definition) is 1. The van der Waals surface area contributed by atoms with Gasteiger partial charge in [0, 0.05) is 12.3 Å². The largest absolute Gasteiger partial charge is 0.319 e. The lowest BCUT2D eigenvalue weighted by Crippen LogP contribution is -2.14. The molecule has 3 rings (SSSR count). The summed E-state index contributed by atoms with van der Waals surface area (Å²) in [6.07, 6.45) is 2.97. The summed E-state index contributed by atoms with van der Waals surface area (Å²) in [5.41, 5.74) is 0.567. The summed E-state index contributed by atoms with van der Waals surface area (Å²) in [5, 5.41) is 6.46. The van der Waals surface area contributed by atoms with Gasteiger partial charge in [-0.25, -0.2) is 18.4 Å². The van der Waals surface area contributed by atoms with Gasteiger partial charge in [0.15, 0.2) is 5.82 Å². The van der Waals surface area contributed by atoms with Crippen LogP contribution in [0.25, 0.3) is 5.82 Å². The van der Waals surface area contributed by atoms with Gasteiger partial charge in [-0.15, -0.1) is 0 Å². The minimum Gasteiger partial charge on any atom is -0.319 e. The lowest BCUT2D eigenvalue weighted by molar-refractivity contribution is 0.102. The van der Waals surface area contributed by atoms with Gasteiger partial charge in [0.1, 0.15) is 11.6 Å². The molecule has 0 aliphatic rings. The Morgan fingerprint density at radius 2 is 2.04 bits per heavy atom. The smallest absolute Gasteiger partial charge is 0.259 e. The van der Waals surface area contributed by atoms with Crippen molar-refractivity contribution in [1.82, 2.24) is 14.8 Å². The molecular formula is C16H12F2N4O. The number of benzene rings is 1. The van der Waals surface area contributed by atoms with Crippen molar-refractivity contribution in [2.24, 2.45) is 0 Å². The van der Waals surface area contributed by atoms with Gasteiger partial charge in [-0.2, -0.15) is 5.10 Å². The van der Waals surface area contributed by atoms with Crippen LogP contribution in [0.3, 0.4) is 0 Å². The van der Waals surface area contributed by atoms with Crippen LogP contribution in [-0.2, 0) is 0 Å². The van der Waals surface area contributed by atoms with Gasteiger partial charge in [0.2, 0.25) is 0 Å². The van der Waals surface area contributed by atoms with Crippen LogP contribution in [0, 0.1) is 18.6 Å². The van der Waals surface area contributed by atoms with Crippen molar-refractivity contribution in [1.29, 1.82) is 0 Å². The van der Waals surface area contributed by atoms with Crippen LogP contribution in [0.4, 0.5) is 14.5 Å². The van der Waals surface area contributed by atoms with E-state index < -0.39 is 17.5 Å². The van der Waals surface area contributed by atoms with E-state index >= 15 is 0 Å². The number of nitrogens with one attached hydrogen (secondary N) is 1. The van der Waals surface area contributed by atoms with Crippen LogP contribution in [0.5, 0.6) is 0 Å². The maximum atomic E-state index is 13.6. The second-order valence-corrected chi connectivity index (χ2v) is 4.82. The maximum absolute atomic E-state index is 13.6. The molecule has 3 aromatic rings. The number of carbonyl (C=O) groups excluding carboxylic acids is 1. The third kappa shape index (κ3) is 2.94. The molecule has 2 aromatic heterocycles. The first-order chi connectivity index (χ1) is 11.1. The van der Waals surface area contributed by atoms with Crippen LogP contribution < -0.4 is 5.32 Å². The zero-order valence-corrected chi connectivity index (χ0v) is 12.1. The Labute approximate surface area is 130 Å². The number of anilines is 1. The molecular weight excluding hydrogens is 302 g/mol. The van der Waals surface area contributed by atoms with Crippen LogP contribution in [0.2, 0.25) is 0 Å². The van der Waals surface area contributed by atoms with Gasteiger partial charge in [-0.05, 0) is 31.2 Å². The van der Waals surface area contributed by atoms with E-state index in [0.717, 1.165) is 18.2 Å². The first-order valence-electron chi connectivity index (χ1n) is 6.78. The molecule has 1 amide bonds. The number of halogens is 2. The molecule has 0 saturated heterocycles. The fourth-order valence-electron chi connectivity index (χ4n) is 2.13. The SMILES string of the molecule is Cc1c(C(=O)Nc2cc(F)ccc2F)cnn1-c1ccccn1. The summed E-state index contributed by atoms with van der Waals surface area (Å²) in [6, 6.07) is 8.16. The number of aromatic nitrogens is 3. The molecule has 0 saturated carbocycles. The van der Waals surface area contributed by atoms with E-state index in [9.17, 15) is 13.6 Å². The van der Waals surface area contributed by atoms with E-state index in [4.69, 9.17) is 0 Å². The molecule has 0 aliphatic carbocycles. The first kappa shape index (κ1) is 14.8. The molecule has 2 heterocycles. The quantitative estimate of drug-likeness (QED) is 0.808. The van der Waals surface area contributed by atoms with E-state index in [1.807, 2.05) is 0 Å². The van der Waals surface area contributed by atoms with E-state index in [2.05, 4.69) is 15.4 Å². The van der Waals surface area contributed by atoms with Gasteiger partial charge in [0.25, 0.3) is 5.91 Å². The summed E-state index contributed by atoms with van der Waals surface area (Å²) in [4.78, 5) is 16.4. The minimum atomic E-state index is -0.713. The average Bonchev–Trinajstić information content (AvgIpc) is 2.93. The number of hydrogen-bond acceptors (Lipinski definition) is 3. The highest BCUT2D eigenvalue weighted by Gasteiger charge is 2.17. The van der Waals surface area contributed by atoms with Gasteiger partial charge in [-0.1, -0.05) is 6.07 Å². The Bertz CT molecular complexity index is 862. The number of carbonyl (C=O) groups is 1. The Hall–Kier alpha value is -3.09. The Balaban J connectivity index is 1.89. The summed E-state index contributed by atoms with van der Waals surface area (Å²) in [5.74, 6) is -1.37. The molecule has 0 unspecified atom stereocenters. The van der Waals surface area contributed by atoms with E-state index in [-0.39, 0.29) is 11.3 Å². The van der Waals surface area contributed by atoms with Crippen LogP contribution in [0.1, 0.15) is 16.1 Å². The first-order valence-corrected chi connectivity index (χ1v) is 6.78. The van der Waals surface area contributed by atoms with Crippen LogP contribution >= 0.6 is 0 Å². The maximum Gasteiger partial charge on any atom is 0.259 e. The monoisotopic (exact) mass is 314 g/mol. The fraction of sp³-hybridized carbons (Fsp3) is 0.0625. The second-order valence-electron chi connectivity index (χ2n) is 4.82. The normalized spacial score (nSPS) is 10.6. The van der Waals surface area contributed by atoms with Crippen molar-refractivity contribution in [3.8, 4) is 5.82 Å². The third-order valence-electron chi connectivity index (χ3n) is 3.30. The molecule has 1 aromatic carbocycles. The van der Waals surface area contributed by atoms with E-state index in [0.29, 0.717) is 11.5 Å². The number of pyridine rings is 1. The summed E-state index contributed by atoms with van der Waals surface area (Å²) in [6.45, 7) is 1.69. The predicted octanol–water partition coefficient (Wildman–Crippen LogP) is 3.11. The van der Waals surface area contributed by atoms with Crippen molar-refractivity contribution < 1.29 is 13.6 Å². The van der Waals surface area contributed by atoms with E-state index in [1.165, 1.54) is 10.9 Å². The van der Waals surface area contributed by atoms with Gasteiger partial charge in [0.05, 0.1) is 23.1 Å². The molecule has 5 nitrogen and oxygen atoms in total. The van der Waals surface area contributed by atoms with E-state index in [1.54, 1.807) is 31.3 Å². The molecule has 7 heteroatoms. The number of amides is 1. The lowest BCUT2D eigenvalue weighted by Gasteiger charge is -2.07. The molecule has 23 heavy (non-hydrogen) atoms. The van der Waals surface area contributed by atoms with Crippen molar-refractivity contribution in [3.05, 3.63) is 71.7 Å². The summed E-state index contributed by atoms with van der Waals surface area (Å²) < 4.78 is 28.3. The average molecular weight is 314 g/mol. The molecule has 0 atom stereocenters. The van der Waals surface area contributed by atoms with Gasteiger partial charge >= 0.3 is 0 Å². The van der Waals surface area contributed by atoms with Crippen molar-refractivity contribution in [3.63, 3.8) is 0 Å². The Morgan fingerprint density at radius 3 is 2.78 bits per heavy atom. The van der Waals surface area contributed by atoms with Gasteiger partial charge < -0.3 is 5.32 Å². The summed E-state index contributed by atoms with van der Waals surface area (Å²) >= 11 is 0. The standard InChI is InChI=1S/C16H12F2N4O/c1-10-12(9-20-22(10)15-4-2-3-7-19-15)16(23)21-14-8-11(17)5-6-13(14)18/h2-9H,1H3,(H,21,23). The van der Waals surface area contributed by atoms with Crippen molar-refractivity contribution >= 4 is 11.6 Å². The van der Waals surface area contributed by atoms with Crippen molar-refractivity contribution in [2.45, 2.75) is 6.92 Å². The Kier molecular flexibility index (Phi) is 3.84. The molecule has 0 bridgehead atoms. The minimum absolute atomic E-state index is 0.222. The lowest BCUT2D eigenvalue weighted by atomic mass is 10.2. The fourth-order valence-corrected chi connectivity index (χ4v) is 2.13. The highest BCUT2D eigenvalue weighted by atomic mass is 19.1. The summed E-state index contributed by atoms with van der Waals surface area (Å²) in [7, 11) is 0. The molecule has 0 spiro atoms. The highest BCUT2D eigenvalue weighted by molar-refractivity contribution is 6.05. The number of nitrogens with zero attached hydrogens (tertiary/aromatic N) is 3. The van der Waals surface area contributed by atoms with Crippen molar-refractivity contribution in [2.75, 3.05) is 5.32 Å². The molecule has 1 N–H and O–H groups in total. The third-order valence-corrected chi connectivity index (χ3v) is 3.30. The highest BCUT2D eigenvalue weighted by Crippen LogP contribution is 2.18. The zero-order chi connectivity index (χ0) is 16.4. The van der Waals surface area contributed by atoms with Crippen LogP contribution in [-0.4, -0.2) is 20.7 Å². The second kappa shape index (κ2) is 5.96. The predicted molar refractivity (Wildman–Crippen MR) is 80.4 cm³/mol. The Morgan fingerprint density at radius 1 is 1.22 bits per heavy atom. The molecule has 0 fully saturated rings. The molecule has 0 aliphatic heterocycles. The van der Waals surface area contributed by atoms with Crippen LogP contribution in [0.15, 0.2) is 48.8 Å². The molecule has 116 valence electrons. The zero-order valence-electron chi connectivity index (χ0n) is 12.1. The topological polar surface area (TPSA) is 59.8 Å². The molecule has 0 radical (unpaired) electrons.